The van der Waals surface area contributed by atoms with Gasteiger partial charge in [-0.05, 0) is 24.3 Å². The lowest BCUT2D eigenvalue weighted by atomic mass is 10.2. The number of hydrogen-bond donors (Lipinski definition) is 2. The van der Waals surface area contributed by atoms with Crippen LogP contribution in [0.15, 0.2) is 15.2 Å². The number of rotatable bonds is 9. The van der Waals surface area contributed by atoms with Gasteiger partial charge in [0, 0.05) is 18.0 Å². The summed E-state index contributed by atoms with van der Waals surface area (Å²) in [4.78, 5) is 0.613. The summed E-state index contributed by atoms with van der Waals surface area (Å²) in [6, 6.07) is 1.26. The summed E-state index contributed by atoms with van der Waals surface area (Å²) in [5, 5.41) is 0. The molecular weight excluding hydrogens is 356 g/mol. The van der Waals surface area contributed by atoms with Gasteiger partial charge in [0.1, 0.15) is 4.21 Å². The summed E-state index contributed by atoms with van der Waals surface area (Å²) in [7, 11) is -7.38. The van der Waals surface area contributed by atoms with E-state index in [0.29, 0.717) is 24.4 Å². The maximum atomic E-state index is 12.4. The lowest BCUT2D eigenvalue weighted by Gasteiger charge is -2.08. The molecule has 9 heteroatoms. The summed E-state index contributed by atoms with van der Waals surface area (Å²) in [6.45, 7) is 10.1. The zero-order valence-electron chi connectivity index (χ0n) is 14.2. The topological polar surface area (TPSA) is 92.3 Å². The molecule has 0 bridgehead atoms. The van der Waals surface area contributed by atoms with E-state index in [1.165, 1.54) is 6.07 Å². The van der Waals surface area contributed by atoms with Crippen molar-refractivity contribution in [3.8, 4) is 0 Å². The van der Waals surface area contributed by atoms with Crippen LogP contribution in [0, 0.1) is 11.8 Å². The molecule has 0 unspecified atom stereocenters. The Kier molecular flexibility index (Phi) is 7.21. The van der Waals surface area contributed by atoms with Gasteiger partial charge >= 0.3 is 0 Å². The van der Waals surface area contributed by atoms with Crippen LogP contribution in [0.3, 0.4) is 0 Å². The molecule has 0 radical (unpaired) electrons. The van der Waals surface area contributed by atoms with Crippen LogP contribution in [0.25, 0.3) is 0 Å². The highest BCUT2D eigenvalue weighted by molar-refractivity contribution is 7.92. The normalized spacial score (nSPS) is 13.2. The first kappa shape index (κ1) is 20.6. The Morgan fingerprint density at radius 1 is 0.957 bits per heavy atom. The van der Waals surface area contributed by atoms with Gasteiger partial charge in [-0.15, -0.1) is 11.3 Å². The van der Waals surface area contributed by atoms with E-state index in [1.807, 2.05) is 34.6 Å². The second kappa shape index (κ2) is 8.06. The highest BCUT2D eigenvalue weighted by atomic mass is 32.2. The second-order valence-corrected chi connectivity index (χ2v) is 11.1. The fourth-order valence-corrected chi connectivity index (χ4v) is 6.33. The maximum Gasteiger partial charge on any atom is 0.250 e. The van der Waals surface area contributed by atoms with Crippen molar-refractivity contribution in [2.75, 3.05) is 13.1 Å². The standard InChI is InChI=1S/C14H26N2O4S3/c1-6-12-13(22(17,18)15-8-10(2)3)7-14(21-12)23(19,20)16-9-11(4)5/h7,10-11,15-16H,6,8-9H2,1-5H3. The molecule has 6 nitrogen and oxygen atoms in total. The van der Waals surface area contributed by atoms with Gasteiger partial charge in [0.05, 0.1) is 4.90 Å². The molecule has 1 rings (SSSR count). The van der Waals surface area contributed by atoms with E-state index in [0.717, 1.165) is 11.3 Å². The molecule has 0 spiro atoms. The SMILES string of the molecule is CCc1sc(S(=O)(=O)NCC(C)C)cc1S(=O)(=O)NCC(C)C. The molecule has 0 aromatic carbocycles. The molecule has 0 aliphatic rings. The van der Waals surface area contributed by atoms with Crippen LogP contribution in [0.4, 0.5) is 0 Å². The molecule has 1 heterocycles. The first-order valence-corrected chi connectivity index (χ1v) is 11.4. The summed E-state index contributed by atoms with van der Waals surface area (Å²) in [5.41, 5.74) is 0. The summed E-state index contributed by atoms with van der Waals surface area (Å²) < 4.78 is 54.5. The number of thiophene rings is 1. The molecular formula is C14H26N2O4S3. The summed E-state index contributed by atoms with van der Waals surface area (Å²) in [6.07, 6.45) is 0.461. The lowest BCUT2D eigenvalue weighted by Crippen LogP contribution is -2.28. The maximum absolute atomic E-state index is 12.4. The predicted molar refractivity (Wildman–Crippen MR) is 93.8 cm³/mol. The molecule has 1 aromatic heterocycles. The van der Waals surface area contributed by atoms with Crippen molar-refractivity contribution in [3.63, 3.8) is 0 Å². The van der Waals surface area contributed by atoms with Crippen molar-refractivity contribution in [2.45, 2.75) is 50.1 Å². The second-order valence-electron chi connectivity index (χ2n) is 6.20. The molecule has 2 N–H and O–H groups in total. The van der Waals surface area contributed by atoms with Crippen LogP contribution in [0.2, 0.25) is 0 Å². The van der Waals surface area contributed by atoms with Crippen molar-refractivity contribution in [1.29, 1.82) is 0 Å². The zero-order valence-corrected chi connectivity index (χ0v) is 16.7. The molecule has 1 aromatic rings. The molecule has 23 heavy (non-hydrogen) atoms. The molecule has 0 fully saturated rings. The molecule has 0 atom stereocenters. The van der Waals surface area contributed by atoms with Crippen molar-refractivity contribution in [1.82, 2.24) is 9.44 Å². The Morgan fingerprint density at radius 2 is 1.43 bits per heavy atom. The Bertz CT molecular complexity index is 719. The minimum absolute atomic E-state index is 0.0416. The zero-order chi connectivity index (χ0) is 17.8. The fourth-order valence-electron chi connectivity index (χ4n) is 1.70. The van der Waals surface area contributed by atoms with E-state index in [2.05, 4.69) is 9.44 Å². The van der Waals surface area contributed by atoms with Gasteiger partial charge in [-0.2, -0.15) is 0 Å². The van der Waals surface area contributed by atoms with Crippen molar-refractivity contribution >= 4 is 31.4 Å². The minimum Gasteiger partial charge on any atom is -0.211 e. The molecule has 0 aliphatic heterocycles. The van der Waals surface area contributed by atoms with E-state index in [9.17, 15) is 16.8 Å². The molecule has 0 aliphatic carbocycles. The summed E-state index contributed by atoms with van der Waals surface area (Å²) in [5.74, 6) is 0.343. The predicted octanol–water partition coefficient (Wildman–Crippen LogP) is 2.18. The van der Waals surface area contributed by atoms with Crippen LogP contribution < -0.4 is 9.44 Å². The Morgan fingerprint density at radius 3 is 1.87 bits per heavy atom. The average molecular weight is 383 g/mol. The Labute approximate surface area is 143 Å². The van der Waals surface area contributed by atoms with Gasteiger partial charge in [-0.25, -0.2) is 26.3 Å². The third-order valence-corrected chi connectivity index (χ3v) is 7.78. The highest BCUT2D eigenvalue weighted by Crippen LogP contribution is 2.30. The molecule has 134 valence electrons. The number of aryl methyl sites for hydroxylation is 1. The monoisotopic (exact) mass is 382 g/mol. The van der Waals surface area contributed by atoms with E-state index in [-0.39, 0.29) is 20.9 Å². The van der Waals surface area contributed by atoms with Crippen LogP contribution in [-0.4, -0.2) is 29.9 Å². The van der Waals surface area contributed by atoms with E-state index < -0.39 is 20.0 Å². The van der Waals surface area contributed by atoms with Gasteiger partial charge in [0.2, 0.25) is 20.0 Å². The average Bonchev–Trinajstić information content (AvgIpc) is 2.89. The first-order valence-electron chi connectivity index (χ1n) is 7.61. The smallest absolute Gasteiger partial charge is 0.211 e. The van der Waals surface area contributed by atoms with Crippen LogP contribution >= 0.6 is 11.3 Å². The van der Waals surface area contributed by atoms with Crippen molar-refractivity contribution in [3.05, 3.63) is 10.9 Å². The molecule has 0 amide bonds. The molecule has 0 saturated heterocycles. The van der Waals surface area contributed by atoms with Crippen LogP contribution in [0.5, 0.6) is 0 Å². The van der Waals surface area contributed by atoms with E-state index >= 15 is 0 Å². The Hall–Kier alpha value is -0.480. The van der Waals surface area contributed by atoms with Gasteiger partial charge in [0.15, 0.2) is 0 Å². The van der Waals surface area contributed by atoms with Crippen molar-refractivity contribution < 1.29 is 16.8 Å². The third kappa shape index (κ3) is 5.82. The Balaban J connectivity index is 3.15. The fraction of sp³-hybridized carbons (Fsp3) is 0.714. The quantitative estimate of drug-likeness (QED) is 0.685. The molecule has 0 saturated carbocycles. The lowest BCUT2D eigenvalue weighted by molar-refractivity contribution is 0.559. The van der Waals surface area contributed by atoms with Gasteiger partial charge in [0.25, 0.3) is 0 Å². The van der Waals surface area contributed by atoms with Gasteiger partial charge in [-0.3, -0.25) is 0 Å². The number of sulfonamides is 2. The number of hydrogen-bond acceptors (Lipinski definition) is 5. The largest absolute Gasteiger partial charge is 0.250 e. The van der Waals surface area contributed by atoms with Gasteiger partial charge < -0.3 is 0 Å². The minimum atomic E-state index is -3.70. The summed E-state index contributed by atoms with van der Waals surface area (Å²) >= 11 is 1.01. The third-order valence-electron chi connectivity index (χ3n) is 2.99. The van der Waals surface area contributed by atoms with Crippen molar-refractivity contribution in [2.24, 2.45) is 11.8 Å². The first-order chi connectivity index (χ1) is 10.5. The van der Waals surface area contributed by atoms with Gasteiger partial charge in [-0.1, -0.05) is 34.6 Å². The highest BCUT2D eigenvalue weighted by Gasteiger charge is 2.26. The van der Waals surface area contributed by atoms with E-state index in [4.69, 9.17) is 0 Å². The van der Waals surface area contributed by atoms with E-state index in [1.54, 1.807) is 0 Å². The van der Waals surface area contributed by atoms with Crippen LogP contribution in [-0.2, 0) is 26.5 Å². The number of nitrogens with one attached hydrogen (secondary N) is 2. The van der Waals surface area contributed by atoms with Crippen LogP contribution in [0.1, 0.15) is 39.5 Å².